The van der Waals surface area contributed by atoms with Crippen molar-refractivity contribution in [2.24, 2.45) is 5.84 Å². The summed E-state index contributed by atoms with van der Waals surface area (Å²) in [4.78, 5) is 41.0. The number of hydrogen-bond acceptors (Lipinski definition) is 6. The van der Waals surface area contributed by atoms with E-state index in [1.165, 1.54) is 10.5 Å². The Morgan fingerprint density at radius 1 is 0.971 bits per heavy atom. The number of ether oxygens (including phenoxy) is 1. The third-order valence-electron chi connectivity index (χ3n) is 7.09. The Morgan fingerprint density at radius 2 is 1.69 bits per heavy atom. The summed E-state index contributed by atoms with van der Waals surface area (Å²) in [5.74, 6) is 4.94. The molecule has 2 aromatic rings. The first-order valence-corrected chi connectivity index (χ1v) is 12.0. The van der Waals surface area contributed by atoms with Crippen LogP contribution in [0.2, 0.25) is 0 Å². The van der Waals surface area contributed by atoms with Gasteiger partial charge in [0.2, 0.25) is 5.91 Å². The summed E-state index contributed by atoms with van der Waals surface area (Å²) in [7, 11) is 0. The van der Waals surface area contributed by atoms with E-state index in [0.717, 1.165) is 30.8 Å². The zero-order valence-corrected chi connectivity index (χ0v) is 19.5. The van der Waals surface area contributed by atoms with Crippen LogP contribution in [0, 0.1) is 0 Å². The predicted molar refractivity (Wildman–Crippen MR) is 126 cm³/mol. The lowest BCUT2D eigenvalue weighted by atomic mass is 10.0. The van der Waals surface area contributed by atoms with E-state index in [-0.39, 0.29) is 25.3 Å². The molecule has 1 unspecified atom stereocenters. The van der Waals surface area contributed by atoms with Crippen LogP contribution < -0.4 is 10.6 Å². The van der Waals surface area contributed by atoms with Gasteiger partial charge in [0.1, 0.15) is 24.6 Å². The molecule has 35 heavy (non-hydrogen) atoms. The number of fused-ring (bicyclic) bond motifs is 1. The van der Waals surface area contributed by atoms with Crippen molar-refractivity contribution in [3.63, 3.8) is 0 Å². The van der Waals surface area contributed by atoms with Crippen molar-refractivity contribution in [3.05, 3.63) is 64.7 Å². The maximum Gasteiger partial charge on any atom is 0.266 e. The van der Waals surface area contributed by atoms with Crippen LogP contribution in [0.4, 0.5) is 4.39 Å². The summed E-state index contributed by atoms with van der Waals surface area (Å²) in [6.45, 7) is 2.95. The summed E-state index contributed by atoms with van der Waals surface area (Å²) in [6, 6.07) is 12.7. The Kier molecular flexibility index (Phi) is 6.53. The molecular weight excluding hydrogens is 451 g/mol. The molecule has 3 amide bonds. The second kappa shape index (κ2) is 9.75. The first kappa shape index (κ1) is 23.4. The minimum absolute atomic E-state index is 0.126. The molecule has 0 aromatic heterocycles. The van der Waals surface area contributed by atoms with Gasteiger partial charge in [0, 0.05) is 37.2 Å². The monoisotopic (exact) mass is 480 g/mol. The highest BCUT2D eigenvalue weighted by molar-refractivity contribution is 6.05. The maximum atomic E-state index is 13.3. The molecular formula is C26H29FN4O4. The standard InChI is InChI=1S/C26H29FN4O4/c27-19-10-12-29(13-11-19)14-17-4-6-18(7-5-17)16-35-23-3-1-2-20-21(23)15-30(25(20)33)22-8-9-24(32)31(28)26(22)34/h1-7,19,22H,8-16,28H2. The summed E-state index contributed by atoms with van der Waals surface area (Å²) < 4.78 is 19.4. The van der Waals surface area contributed by atoms with Crippen LogP contribution in [0.15, 0.2) is 42.5 Å². The number of hydrogen-bond donors (Lipinski definition) is 1. The van der Waals surface area contributed by atoms with Crippen LogP contribution in [0.5, 0.6) is 5.75 Å². The Morgan fingerprint density at radius 3 is 2.43 bits per heavy atom. The van der Waals surface area contributed by atoms with Crippen LogP contribution in [-0.4, -0.2) is 57.8 Å². The molecule has 8 nitrogen and oxygen atoms in total. The predicted octanol–water partition coefficient (Wildman–Crippen LogP) is 2.55. The molecule has 2 N–H and O–H groups in total. The summed E-state index contributed by atoms with van der Waals surface area (Å²) in [5, 5.41) is 0.620. The van der Waals surface area contributed by atoms with Gasteiger partial charge in [-0.15, -0.1) is 0 Å². The number of carbonyl (C=O) groups is 3. The molecule has 3 heterocycles. The van der Waals surface area contributed by atoms with E-state index < -0.39 is 24.0 Å². The number of halogens is 1. The van der Waals surface area contributed by atoms with E-state index >= 15 is 0 Å². The molecule has 0 spiro atoms. The van der Waals surface area contributed by atoms with E-state index in [4.69, 9.17) is 10.6 Å². The molecule has 9 heteroatoms. The Bertz CT molecular complexity index is 1130. The van der Waals surface area contributed by atoms with Crippen molar-refractivity contribution in [2.75, 3.05) is 13.1 Å². The molecule has 0 aliphatic carbocycles. The third kappa shape index (κ3) is 4.78. The lowest BCUT2D eigenvalue weighted by molar-refractivity contribution is -0.152. The quantitative estimate of drug-likeness (QED) is 0.388. The topological polar surface area (TPSA) is 96.2 Å². The summed E-state index contributed by atoms with van der Waals surface area (Å²) in [5.41, 5.74) is 3.41. The lowest BCUT2D eigenvalue weighted by Crippen LogP contribution is -2.57. The van der Waals surface area contributed by atoms with Crippen LogP contribution in [0.25, 0.3) is 0 Å². The van der Waals surface area contributed by atoms with Gasteiger partial charge < -0.3 is 9.64 Å². The van der Waals surface area contributed by atoms with E-state index in [9.17, 15) is 18.8 Å². The third-order valence-corrected chi connectivity index (χ3v) is 7.09. The van der Waals surface area contributed by atoms with Gasteiger partial charge in [-0.3, -0.25) is 19.3 Å². The summed E-state index contributed by atoms with van der Waals surface area (Å²) in [6.07, 6.45) is 0.922. The van der Waals surface area contributed by atoms with Crippen molar-refractivity contribution in [3.8, 4) is 5.75 Å². The average molecular weight is 481 g/mol. The van der Waals surface area contributed by atoms with E-state index in [0.29, 0.717) is 35.8 Å². The van der Waals surface area contributed by atoms with Gasteiger partial charge in [-0.25, -0.2) is 15.2 Å². The lowest BCUT2D eigenvalue weighted by Gasteiger charge is -2.33. The zero-order chi connectivity index (χ0) is 24.5. The SMILES string of the molecule is NN1C(=O)CCC(N2Cc3c(OCc4ccc(CN5CCC(F)CC5)cc4)cccc3C2=O)C1=O. The Labute approximate surface area is 203 Å². The number of nitrogens with zero attached hydrogens (tertiary/aromatic N) is 3. The number of hydrazine groups is 1. The number of amides is 3. The fourth-order valence-corrected chi connectivity index (χ4v) is 5.01. The molecule has 2 aromatic carbocycles. The highest BCUT2D eigenvalue weighted by atomic mass is 19.1. The average Bonchev–Trinajstić information content (AvgIpc) is 3.20. The molecule has 2 saturated heterocycles. The first-order valence-electron chi connectivity index (χ1n) is 12.0. The van der Waals surface area contributed by atoms with Crippen molar-refractivity contribution in [1.82, 2.24) is 14.8 Å². The van der Waals surface area contributed by atoms with Gasteiger partial charge in [-0.05, 0) is 42.5 Å². The highest BCUT2D eigenvalue weighted by Gasteiger charge is 2.42. The maximum absolute atomic E-state index is 13.3. The van der Waals surface area contributed by atoms with Crippen molar-refractivity contribution < 1.29 is 23.5 Å². The van der Waals surface area contributed by atoms with Gasteiger partial charge in [-0.1, -0.05) is 30.3 Å². The minimum atomic E-state index is -0.756. The number of rotatable bonds is 6. The molecule has 0 saturated carbocycles. The normalized spacial score (nSPS) is 21.5. The number of benzene rings is 2. The number of likely N-dealkylation sites (tertiary alicyclic amines) is 1. The second-order valence-electron chi connectivity index (χ2n) is 9.43. The number of carbonyl (C=O) groups excluding carboxylic acids is 3. The van der Waals surface area contributed by atoms with Gasteiger partial charge in [0.25, 0.3) is 11.8 Å². The molecule has 5 rings (SSSR count). The number of piperidine rings is 2. The van der Waals surface area contributed by atoms with Gasteiger partial charge >= 0.3 is 0 Å². The summed E-state index contributed by atoms with van der Waals surface area (Å²) >= 11 is 0. The fraction of sp³-hybridized carbons (Fsp3) is 0.423. The largest absolute Gasteiger partial charge is 0.489 e. The van der Waals surface area contributed by atoms with Crippen LogP contribution >= 0.6 is 0 Å². The number of nitrogens with two attached hydrogens (primary N) is 1. The first-order chi connectivity index (χ1) is 16.9. The van der Waals surface area contributed by atoms with Gasteiger partial charge in [0.15, 0.2) is 0 Å². The van der Waals surface area contributed by atoms with Crippen molar-refractivity contribution >= 4 is 17.7 Å². The smallest absolute Gasteiger partial charge is 0.266 e. The van der Waals surface area contributed by atoms with Crippen LogP contribution in [0.1, 0.15) is 52.7 Å². The molecule has 3 aliphatic heterocycles. The molecule has 0 radical (unpaired) electrons. The molecule has 184 valence electrons. The van der Waals surface area contributed by atoms with E-state index in [1.807, 2.05) is 18.2 Å². The zero-order valence-electron chi connectivity index (χ0n) is 19.5. The Balaban J connectivity index is 1.22. The fourth-order valence-electron chi connectivity index (χ4n) is 5.01. The highest BCUT2D eigenvalue weighted by Crippen LogP contribution is 2.34. The van der Waals surface area contributed by atoms with Crippen molar-refractivity contribution in [1.29, 1.82) is 0 Å². The van der Waals surface area contributed by atoms with Gasteiger partial charge in [-0.2, -0.15) is 0 Å². The molecule has 2 fully saturated rings. The second-order valence-corrected chi connectivity index (χ2v) is 9.43. The molecule has 3 aliphatic rings. The van der Waals surface area contributed by atoms with Crippen LogP contribution in [-0.2, 0) is 29.3 Å². The van der Waals surface area contributed by atoms with Crippen molar-refractivity contribution in [2.45, 2.75) is 57.6 Å². The molecule has 1 atom stereocenters. The minimum Gasteiger partial charge on any atom is -0.489 e. The van der Waals surface area contributed by atoms with Crippen LogP contribution in [0.3, 0.4) is 0 Å². The van der Waals surface area contributed by atoms with E-state index in [2.05, 4.69) is 17.0 Å². The number of imide groups is 1. The molecule has 0 bridgehead atoms. The van der Waals surface area contributed by atoms with E-state index in [1.54, 1.807) is 12.1 Å². The number of alkyl halides is 1. The Hall–Kier alpha value is -3.30. The van der Waals surface area contributed by atoms with Gasteiger partial charge in [0.05, 0.1) is 6.54 Å².